The van der Waals surface area contributed by atoms with Gasteiger partial charge in [-0.3, -0.25) is 4.79 Å². The van der Waals surface area contributed by atoms with Gasteiger partial charge >= 0.3 is 11.6 Å². The molecule has 0 aliphatic carbocycles. The van der Waals surface area contributed by atoms with E-state index < -0.39 is 11.6 Å². The van der Waals surface area contributed by atoms with Crippen molar-refractivity contribution in [3.63, 3.8) is 0 Å². The van der Waals surface area contributed by atoms with E-state index in [9.17, 15) is 14.4 Å². The number of rotatable bonds is 4. The van der Waals surface area contributed by atoms with Gasteiger partial charge in [0, 0.05) is 23.9 Å². The second kappa shape index (κ2) is 7.68. The molecule has 28 heavy (non-hydrogen) atoms. The zero-order valence-electron chi connectivity index (χ0n) is 16.2. The highest BCUT2D eigenvalue weighted by molar-refractivity contribution is 6.01. The van der Waals surface area contributed by atoms with Gasteiger partial charge in [0.2, 0.25) is 5.91 Å². The Hall–Kier alpha value is -3.41. The van der Waals surface area contributed by atoms with Gasteiger partial charge in [0.15, 0.2) is 0 Å². The van der Waals surface area contributed by atoms with Crippen LogP contribution in [0.25, 0.3) is 11.0 Å². The lowest BCUT2D eigenvalue weighted by Crippen LogP contribution is -2.14. The average Bonchev–Trinajstić information content (AvgIpc) is 2.62. The summed E-state index contributed by atoms with van der Waals surface area (Å²) >= 11 is 0. The summed E-state index contributed by atoms with van der Waals surface area (Å²) in [6, 6.07) is 10.1. The fourth-order valence-corrected chi connectivity index (χ4v) is 3.00. The molecule has 1 N–H and O–H groups in total. The number of anilines is 1. The van der Waals surface area contributed by atoms with Crippen molar-refractivity contribution < 1.29 is 18.7 Å². The number of aryl methyl sites for hydroxylation is 3. The van der Waals surface area contributed by atoms with Crippen LogP contribution in [0, 0.1) is 20.8 Å². The van der Waals surface area contributed by atoms with Crippen molar-refractivity contribution in [1.82, 2.24) is 0 Å². The highest BCUT2D eigenvalue weighted by atomic mass is 16.5. The van der Waals surface area contributed by atoms with Gasteiger partial charge in [-0.25, -0.2) is 9.59 Å². The zero-order chi connectivity index (χ0) is 20.4. The van der Waals surface area contributed by atoms with Crippen LogP contribution in [-0.2, 0) is 16.1 Å². The van der Waals surface area contributed by atoms with Gasteiger partial charge in [-0.15, -0.1) is 0 Å². The average molecular weight is 379 g/mol. The van der Waals surface area contributed by atoms with Crippen molar-refractivity contribution in [3.05, 3.63) is 74.6 Å². The van der Waals surface area contributed by atoms with E-state index in [0.29, 0.717) is 16.8 Å². The van der Waals surface area contributed by atoms with Crippen molar-refractivity contribution >= 4 is 28.5 Å². The quantitative estimate of drug-likeness (QED) is 0.546. The first kappa shape index (κ1) is 19.4. The van der Waals surface area contributed by atoms with Crippen LogP contribution in [0.3, 0.4) is 0 Å². The van der Waals surface area contributed by atoms with Crippen molar-refractivity contribution in [2.75, 3.05) is 5.32 Å². The molecular weight excluding hydrogens is 358 g/mol. The molecule has 0 atom stereocenters. The molecule has 0 bridgehead atoms. The SMILES string of the molecule is CC(=O)Nc1c(C)cccc1C(=O)OCc1cc(=O)oc2cc(C)c(C)cc12. The molecule has 0 saturated heterocycles. The molecule has 0 aliphatic rings. The summed E-state index contributed by atoms with van der Waals surface area (Å²) in [6.07, 6.45) is 0. The Kier molecular flexibility index (Phi) is 5.31. The Bertz CT molecular complexity index is 1140. The Labute approximate surface area is 162 Å². The van der Waals surface area contributed by atoms with Gasteiger partial charge in [-0.2, -0.15) is 0 Å². The van der Waals surface area contributed by atoms with Crippen LogP contribution in [0.1, 0.15) is 39.5 Å². The minimum atomic E-state index is -0.585. The van der Waals surface area contributed by atoms with E-state index in [2.05, 4.69) is 5.32 Å². The van der Waals surface area contributed by atoms with E-state index in [4.69, 9.17) is 9.15 Å². The molecule has 0 spiro atoms. The van der Waals surface area contributed by atoms with E-state index >= 15 is 0 Å². The molecule has 1 aromatic heterocycles. The number of amides is 1. The van der Waals surface area contributed by atoms with Gasteiger partial charge in [-0.05, 0) is 55.7 Å². The van der Waals surface area contributed by atoms with E-state index in [1.54, 1.807) is 31.2 Å². The monoisotopic (exact) mass is 379 g/mol. The molecule has 1 amide bonds. The number of hydrogen-bond acceptors (Lipinski definition) is 5. The van der Waals surface area contributed by atoms with E-state index in [-0.39, 0.29) is 18.1 Å². The van der Waals surface area contributed by atoms with Crippen LogP contribution >= 0.6 is 0 Å². The van der Waals surface area contributed by atoms with Crippen molar-refractivity contribution in [2.24, 2.45) is 0 Å². The van der Waals surface area contributed by atoms with Gasteiger partial charge in [0.25, 0.3) is 0 Å². The molecule has 0 aliphatic heterocycles. The Morgan fingerprint density at radius 3 is 2.46 bits per heavy atom. The third-order valence-electron chi connectivity index (χ3n) is 4.60. The maximum absolute atomic E-state index is 12.6. The molecule has 144 valence electrons. The smallest absolute Gasteiger partial charge is 0.340 e. The first-order valence-corrected chi connectivity index (χ1v) is 8.84. The molecule has 3 aromatic rings. The van der Waals surface area contributed by atoms with Crippen LogP contribution in [0.5, 0.6) is 0 Å². The minimum absolute atomic E-state index is 0.0864. The standard InChI is InChI=1S/C22H21NO5/c1-12-6-5-7-17(21(12)23-15(4)24)22(26)27-11-16-10-20(25)28-19-9-14(3)13(2)8-18(16)19/h5-10H,11H2,1-4H3,(H,23,24). The molecule has 2 aromatic carbocycles. The molecular formula is C22H21NO5. The number of nitrogens with one attached hydrogen (secondary N) is 1. The van der Waals surface area contributed by atoms with Crippen LogP contribution < -0.4 is 10.9 Å². The largest absolute Gasteiger partial charge is 0.457 e. The molecule has 0 saturated carbocycles. The number of benzene rings is 2. The second-order valence-electron chi connectivity index (χ2n) is 6.78. The van der Waals surface area contributed by atoms with Crippen LogP contribution in [0.4, 0.5) is 5.69 Å². The summed E-state index contributed by atoms with van der Waals surface area (Å²) in [4.78, 5) is 36.0. The van der Waals surface area contributed by atoms with Crippen molar-refractivity contribution in [2.45, 2.75) is 34.3 Å². The predicted octanol–water partition coefficient (Wildman–Crippen LogP) is 4.03. The molecule has 0 unspecified atom stereocenters. The number of fused-ring (bicyclic) bond motifs is 1. The number of carbonyl (C=O) groups is 2. The third kappa shape index (κ3) is 3.96. The number of ether oxygens (including phenoxy) is 1. The van der Waals surface area contributed by atoms with Crippen LogP contribution in [0.15, 0.2) is 45.6 Å². The molecule has 0 radical (unpaired) electrons. The predicted molar refractivity (Wildman–Crippen MR) is 107 cm³/mol. The van der Waals surface area contributed by atoms with E-state index in [1.165, 1.54) is 13.0 Å². The lowest BCUT2D eigenvalue weighted by atomic mass is 10.0. The lowest BCUT2D eigenvalue weighted by Gasteiger charge is -2.13. The Morgan fingerprint density at radius 1 is 1.04 bits per heavy atom. The van der Waals surface area contributed by atoms with Crippen molar-refractivity contribution in [3.8, 4) is 0 Å². The van der Waals surface area contributed by atoms with Crippen LogP contribution in [0.2, 0.25) is 0 Å². The maximum Gasteiger partial charge on any atom is 0.340 e. The number of carbonyl (C=O) groups excluding carboxylic acids is 2. The molecule has 1 heterocycles. The molecule has 6 nitrogen and oxygen atoms in total. The summed E-state index contributed by atoms with van der Waals surface area (Å²) in [6.45, 7) is 6.98. The van der Waals surface area contributed by atoms with Crippen molar-refractivity contribution in [1.29, 1.82) is 0 Å². The van der Waals surface area contributed by atoms with Gasteiger partial charge in [0.1, 0.15) is 12.2 Å². The highest BCUT2D eigenvalue weighted by Gasteiger charge is 2.17. The zero-order valence-corrected chi connectivity index (χ0v) is 16.2. The Balaban J connectivity index is 1.92. The summed E-state index contributed by atoms with van der Waals surface area (Å²) in [5.74, 6) is -0.862. The van der Waals surface area contributed by atoms with Gasteiger partial charge < -0.3 is 14.5 Å². The second-order valence-corrected chi connectivity index (χ2v) is 6.78. The minimum Gasteiger partial charge on any atom is -0.457 e. The molecule has 0 fully saturated rings. The third-order valence-corrected chi connectivity index (χ3v) is 4.60. The number of hydrogen-bond donors (Lipinski definition) is 1. The van der Waals surface area contributed by atoms with Crippen LogP contribution in [-0.4, -0.2) is 11.9 Å². The maximum atomic E-state index is 12.6. The highest BCUT2D eigenvalue weighted by Crippen LogP contribution is 2.24. The summed E-state index contributed by atoms with van der Waals surface area (Å²) < 4.78 is 10.7. The fraction of sp³-hybridized carbons (Fsp3) is 0.227. The normalized spacial score (nSPS) is 10.7. The Morgan fingerprint density at radius 2 is 1.75 bits per heavy atom. The van der Waals surface area contributed by atoms with E-state index in [0.717, 1.165) is 22.1 Å². The van der Waals surface area contributed by atoms with Gasteiger partial charge in [-0.1, -0.05) is 12.1 Å². The lowest BCUT2D eigenvalue weighted by molar-refractivity contribution is -0.114. The van der Waals surface area contributed by atoms with E-state index in [1.807, 2.05) is 19.9 Å². The first-order valence-electron chi connectivity index (χ1n) is 8.84. The summed E-state index contributed by atoms with van der Waals surface area (Å²) in [7, 11) is 0. The first-order chi connectivity index (χ1) is 13.3. The summed E-state index contributed by atoms with van der Waals surface area (Å²) in [5, 5.41) is 3.39. The van der Waals surface area contributed by atoms with Gasteiger partial charge in [0.05, 0.1) is 11.3 Å². The topological polar surface area (TPSA) is 85.6 Å². The number of para-hydroxylation sites is 1. The summed E-state index contributed by atoms with van der Waals surface area (Å²) in [5.41, 5.74) is 3.99. The molecule has 6 heteroatoms. The molecule has 3 rings (SSSR count). The fourth-order valence-electron chi connectivity index (χ4n) is 3.00. The number of esters is 1.